The van der Waals surface area contributed by atoms with E-state index in [1.807, 2.05) is 6.92 Å². The third kappa shape index (κ3) is 3.56. The highest BCUT2D eigenvalue weighted by Gasteiger charge is 2.21. The molecule has 0 atom stereocenters. The molecule has 0 saturated heterocycles. The van der Waals surface area contributed by atoms with Crippen molar-refractivity contribution in [2.45, 2.75) is 13.8 Å². The lowest BCUT2D eigenvalue weighted by atomic mass is 10.1. The molecule has 0 aliphatic rings. The molecule has 0 radical (unpaired) electrons. The van der Waals surface area contributed by atoms with Gasteiger partial charge in [0.05, 0.1) is 12.2 Å². The van der Waals surface area contributed by atoms with Crippen molar-refractivity contribution in [2.75, 3.05) is 20.5 Å². The molecular weight excluding hydrogens is 236 g/mol. The molecule has 0 aliphatic carbocycles. The van der Waals surface area contributed by atoms with Gasteiger partial charge in [0, 0.05) is 7.11 Å². The molecule has 0 aromatic heterocycles. The Morgan fingerprint density at radius 2 is 2.00 bits per heavy atom. The predicted octanol–water partition coefficient (Wildman–Crippen LogP) is 1.72. The lowest BCUT2D eigenvalue weighted by Crippen LogP contribution is -2.19. The number of rotatable bonds is 6. The van der Waals surface area contributed by atoms with E-state index in [0.717, 1.165) is 5.56 Å². The Hall–Kier alpha value is -1.88. The first-order valence-corrected chi connectivity index (χ1v) is 5.54. The van der Waals surface area contributed by atoms with Crippen LogP contribution in [0.15, 0.2) is 18.2 Å². The van der Waals surface area contributed by atoms with Crippen molar-refractivity contribution in [1.82, 2.24) is 0 Å². The SMILES string of the molecule is CCOC(=O)C(=O)c1cc(C)ccc1OCOC. The van der Waals surface area contributed by atoms with Crippen molar-refractivity contribution in [3.63, 3.8) is 0 Å². The maximum atomic E-state index is 11.9. The molecule has 5 nitrogen and oxygen atoms in total. The minimum atomic E-state index is -0.884. The number of carbonyl (C=O) groups is 2. The minimum Gasteiger partial charge on any atom is -0.467 e. The van der Waals surface area contributed by atoms with Gasteiger partial charge in [-0.1, -0.05) is 11.6 Å². The predicted molar refractivity (Wildman–Crippen MR) is 64.6 cm³/mol. The number of methoxy groups -OCH3 is 1. The molecular formula is C13H16O5. The second-order valence-corrected chi connectivity index (χ2v) is 3.60. The zero-order chi connectivity index (χ0) is 13.5. The Morgan fingerprint density at radius 3 is 2.61 bits per heavy atom. The molecule has 0 aliphatic heterocycles. The molecule has 0 spiro atoms. The van der Waals surface area contributed by atoms with E-state index in [9.17, 15) is 9.59 Å². The number of ether oxygens (including phenoxy) is 3. The van der Waals surface area contributed by atoms with Crippen LogP contribution in [0.4, 0.5) is 0 Å². The zero-order valence-corrected chi connectivity index (χ0v) is 10.7. The van der Waals surface area contributed by atoms with E-state index in [1.54, 1.807) is 25.1 Å². The first-order valence-electron chi connectivity index (χ1n) is 5.54. The first-order chi connectivity index (χ1) is 8.60. The number of hydrogen-bond donors (Lipinski definition) is 0. The van der Waals surface area contributed by atoms with Crippen molar-refractivity contribution in [1.29, 1.82) is 0 Å². The monoisotopic (exact) mass is 252 g/mol. The third-order valence-corrected chi connectivity index (χ3v) is 2.17. The summed E-state index contributed by atoms with van der Waals surface area (Å²) in [6.07, 6.45) is 0. The summed E-state index contributed by atoms with van der Waals surface area (Å²) in [4.78, 5) is 23.3. The normalized spacial score (nSPS) is 9.94. The fourth-order valence-corrected chi connectivity index (χ4v) is 1.38. The topological polar surface area (TPSA) is 61.8 Å². The van der Waals surface area contributed by atoms with E-state index in [0.29, 0.717) is 5.75 Å². The van der Waals surface area contributed by atoms with Crippen LogP contribution in [-0.2, 0) is 14.3 Å². The average molecular weight is 252 g/mol. The number of esters is 1. The van der Waals surface area contributed by atoms with Gasteiger partial charge in [0.15, 0.2) is 6.79 Å². The summed E-state index contributed by atoms with van der Waals surface area (Å²) in [6.45, 7) is 3.63. The minimum absolute atomic E-state index is 0.00612. The Bertz CT molecular complexity index is 439. The van der Waals surface area contributed by atoms with E-state index in [4.69, 9.17) is 9.47 Å². The molecule has 0 fully saturated rings. The summed E-state index contributed by atoms with van der Waals surface area (Å²) in [7, 11) is 1.47. The molecule has 0 heterocycles. The van der Waals surface area contributed by atoms with Crippen LogP contribution in [0, 0.1) is 6.92 Å². The highest BCUT2D eigenvalue weighted by atomic mass is 16.7. The smallest absolute Gasteiger partial charge is 0.379 e. The van der Waals surface area contributed by atoms with Crippen LogP contribution >= 0.6 is 0 Å². The molecule has 0 amide bonds. The number of ketones is 1. The van der Waals surface area contributed by atoms with Gasteiger partial charge >= 0.3 is 5.97 Å². The van der Waals surface area contributed by atoms with Crippen LogP contribution < -0.4 is 4.74 Å². The fourth-order valence-electron chi connectivity index (χ4n) is 1.38. The van der Waals surface area contributed by atoms with Gasteiger partial charge in [0.25, 0.3) is 5.78 Å². The average Bonchev–Trinajstić information content (AvgIpc) is 2.36. The van der Waals surface area contributed by atoms with Crippen LogP contribution in [0.2, 0.25) is 0 Å². The summed E-state index contributed by atoms with van der Waals surface area (Å²) in [6, 6.07) is 5.00. The van der Waals surface area contributed by atoms with Gasteiger partial charge in [0.2, 0.25) is 0 Å². The molecule has 1 rings (SSSR count). The fraction of sp³-hybridized carbons (Fsp3) is 0.385. The summed E-state index contributed by atoms with van der Waals surface area (Å²) < 4.78 is 14.7. The number of carbonyl (C=O) groups excluding carboxylic acids is 2. The molecule has 0 bridgehead atoms. The Kier molecular flexibility index (Phi) is 5.32. The zero-order valence-electron chi connectivity index (χ0n) is 10.7. The van der Waals surface area contributed by atoms with Crippen LogP contribution in [0.1, 0.15) is 22.8 Å². The maximum absolute atomic E-state index is 11.9. The van der Waals surface area contributed by atoms with Crippen LogP contribution in [0.25, 0.3) is 0 Å². The molecule has 18 heavy (non-hydrogen) atoms. The van der Waals surface area contributed by atoms with Crippen LogP contribution in [0.5, 0.6) is 5.75 Å². The van der Waals surface area contributed by atoms with Gasteiger partial charge in [-0.15, -0.1) is 0 Å². The Morgan fingerprint density at radius 1 is 1.28 bits per heavy atom. The van der Waals surface area contributed by atoms with Crippen molar-refractivity contribution < 1.29 is 23.8 Å². The van der Waals surface area contributed by atoms with Gasteiger partial charge in [-0.2, -0.15) is 0 Å². The van der Waals surface area contributed by atoms with Crippen molar-refractivity contribution in [2.24, 2.45) is 0 Å². The first kappa shape index (κ1) is 14.2. The summed E-state index contributed by atoms with van der Waals surface area (Å²) in [5.74, 6) is -1.29. The molecule has 98 valence electrons. The van der Waals surface area contributed by atoms with E-state index in [1.165, 1.54) is 7.11 Å². The van der Waals surface area contributed by atoms with Gasteiger partial charge in [-0.25, -0.2) is 4.79 Å². The highest BCUT2D eigenvalue weighted by Crippen LogP contribution is 2.21. The molecule has 0 unspecified atom stereocenters. The van der Waals surface area contributed by atoms with Crippen LogP contribution in [0.3, 0.4) is 0 Å². The number of hydrogen-bond acceptors (Lipinski definition) is 5. The number of benzene rings is 1. The third-order valence-electron chi connectivity index (χ3n) is 2.17. The highest BCUT2D eigenvalue weighted by molar-refractivity contribution is 6.41. The van der Waals surface area contributed by atoms with Gasteiger partial charge in [0.1, 0.15) is 5.75 Å². The number of aryl methyl sites for hydroxylation is 1. The maximum Gasteiger partial charge on any atom is 0.379 e. The quantitative estimate of drug-likeness (QED) is 0.334. The second-order valence-electron chi connectivity index (χ2n) is 3.60. The molecule has 0 saturated carbocycles. The van der Waals surface area contributed by atoms with E-state index in [2.05, 4.69) is 4.74 Å². The summed E-state index contributed by atoms with van der Waals surface area (Å²) >= 11 is 0. The molecule has 1 aromatic carbocycles. The Labute approximate surface area is 106 Å². The largest absolute Gasteiger partial charge is 0.467 e. The summed E-state index contributed by atoms with van der Waals surface area (Å²) in [5, 5.41) is 0. The van der Waals surface area contributed by atoms with Crippen molar-refractivity contribution >= 4 is 11.8 Å². The molecule has 5 heteroatoms. The van der Waals surface area contributed by atoms with Gasteiger partial charge < -0.3 is 14.2 Å². The van der Waals surface area contributed by atoms with Crippen molar-refractivity contribution in [3.05, 3.63) is 29.3 Å². The lowest BCUT2D eigenvalue weighted by molar-refractivity contribution is -0.137. The van der Waals surface area contributed by atoms with Gasteiger partial charge in [-0.05, 0) is 26.0 Å². The Balaban J connectivity index is 3.00. The number of Topliss-reactive ketones (excluding diaryl/α,β-unsaturated/α-hetero) is 1. The van der Waals surface area contributed by atoms with E-state index in [-0.39, 0.29) is 19.0 Å². The summed E-state index contributed by atoms with van der Waals surface area (Å²) in [5.41, 5.74) is 1.04. The lowest BCUT2D eigenvalue weighted by Gasteiger charge is -2.10. The van der Waals surface area contributed by atoms with E-state index >= 15 is 0 Å². The van der Waals surface area contributed by atoms with Crippen LogP contribution in [-0.4, -0.2) is 32.3 Å². The standard InChI is InChI=1S/C13H16O5/c1-4-17-13(15)12(14)10-7-9(2)5-6-11(10)18-8-16-3/h5-7H,4,8H2,1-3H3. The van der Waals surface area contributed by atoms with E-state index < -0.39 is 11.8 Å². The van der Waals surface area contributed by atoms with Gasteiger partial charge in [-0.3, -0.25) is 4.79 Å². The molecule has 1 aromatic rings. The van der Waals surface area contributed by atoms with Crippen molar-refractivity contribution in [3.8, 4) is 5.75 Å². The molecule has 0 N–H and O–H groups in total. The second kappa shape index (κ2) is 6.76.